The van der Waals surface area contributed by atoms with Gasteiger partial charge in [-0.25, -0.2) is 9.97 Å². The SMILES string of the molecule is CN[C@@H]1CCCC12CCN(c1ncc(Sc3ccnc(C)c3Cl)c3nccn13)CC2. The van der Waals surface area contributed by atoms with Crippen LogP contribution in [0.15, 0.2) is 40.6 Å². The number of hydrogen-bond acceptors (Lipinski definition) is 6. The van der Waals surface area contributed by atoms with E-state index < -0.39 is 0 Å². The Bertz CT molecular complexity index is 1060. The molecule has 0 bridgehead atoms. The van der Waals surface area contributed by atoms with E-state index in [9.17, 15) is 0 Å². The summed E-state index contributed by atoms with van der Waals surface area (Å²) in [7, 11) is 2.12. The summed E-state index contributed by atoms with van der Waals surface area (Å²) in [6, 6.07) is 2.60. The molecule has 1 aliphatic carbocycles. The van der Waals surface area contributed by atoms with Gasteiger partial charge in [0.25, 0.3) is 0 Å². The van der Waals surface area contributed by atoms with Gasteiger partial charge in [0.15, 0.2) is 5.65 Å². The van der Waals surface area contributed by atoms with Crippen molar-refractivity contribution in [3.8, 4) is 0 Å². The van der Waals surface area contributed by atoms with Gasteiger partial charge in [0.1, 0.15) is 0 Å². The molecule has 0 aromatic carbocycles. The predicted molar refractivity (Wildman–Crippen MR) is 122 cm³/mol. The van der Waals surface area contributed by atoms with E-state index in [1.54, 1.807) is 18.0 Å². The minimum Gasteiger partial charge on any atom is -0.342 e. The zero-order valence-corrected chi connectivity index (χ0v) is 19.0. The Morgan fingerprint density at radius 1 is 1.13 bits per heavy atom. The third-order valence-electron chi connectivity index (χ3n) is 6.92. The lowest BCUT2D eigenvalue weighted by Gasteiger charge is -2.43. The van der Waals surface area contributed by atoms with Crippen LogP contribution < -0.4 is 10.2 Å². The lowest BCUT2D eigenvalue weighted by molar-refractivity contribution is 0.177. The number of halogens is 1. The first-order valence-electron chi connectivity index (χ1n) is 10.6. The molecule has 3 aromatic heterocycles. The maximum atomic E-state index is 6.46. The van der Waals surface area contributed by atoms with Gasteiger partial charge >= 0.3 is 0 Å². The van der Waals surface area contributed by atoms with Crippen molar-refractivity contribution < 1.29 is 0 Å². The average molecular weight is 443 g/mol. The number of imidazole rings is 1. The van der Waals surface area contributed by atoms with Gasteiger partial charge in [-0.2, -0.15) is 0 Å². The number of pyridine rings is 1. The number of piperidine rings is 1. The number of hydrogen-bond donors (Lipinski definition) is 1. The second-order valence-electron chi connectivity index (χ2n) is 8.44. The molecule has 6 nitrogen and oxygen atoms in total. The van der Waals surface area contributed by atoms with E-state index in [1.807, 2.05) is 31.6 Å². The first-order valence-corrected chi connectivity index (χ1v) is 11.8. The highest BCUT2D eigenvalue weighted by Crippen LogP contribution is 2.47. The number of anilines is 1. The minimum atomic E-state index is 0.463. The third-order valence-corrected chi connectivity index (χ3v) is 8.58. The van der Waals surface area contributed by atoms with Crippen LogP contribution in [-0.4, -0.2) is 45.5 Å². The molecule has 158 valence electrons. The quantitative estimate of drug-likeness (QED) is 0.637. The van der Waals surface area contributed by atoms with Crippen molar-refractivity contribution in [3.63, 3.8) is 0 Å². The van der Waals surface area contributed by atoms with Crippen LogP contribution in [0.2, 0.25) is 5.02 Å². The van der Waals surface area contributed by atoms with Gasteiger partial charge in [-0.05, 0) is 51.1 Å². The Balaban J connectivity index is 1.40. The standard InChI is InChI=1S/C22H27ClN6S/c1-15-19(23)16(5-9-25-15)30-17-14-27-21(29-13-10-26-20(17)29)28-11-7-22(8-12-28)6-3-4-18(22)24-2/h5,9-10,13-14,18,24H,3-4,6-8,11-12H2,1-2H3/t18-/m1/s1. The van der Waals surface area contributed by atoms with Crippen LogP contribution in [0, 0.1) is 12.3 Å². The van der Waals surface area contributed by atoms with Crippen molar-refractivity contribution in [2.75, 3.05) is 25.0 Å². The Kier molecular flexibility index (Phi) is 5.37. The van der Waals surface area contributed by atoms with E-state index in [0.717, 1.165) is 40.2 Å². The number of rotatable bonds is 4. The Labute approximate surface area is 186 Å². The van der Waals surface area contributed by atoms with E-state index in [4.69, 9.17) is 16.6 Å². The van der Waals surface area contributed by atoms with Crippen LogP contribution in [0.4, 0.5) is 5.95 Å². The molecule has 4 heterocycles. The van der Waals surface area contributed by atoms with Crippen molar-refractivity contribution >= 4 is 35.0 Å². The van der Waals surface area contributed by atoms with Crippen molar-refractivity contribution in [3.05, 3.63) is 41.6 Å². The Morgan fingerprint density at radius 2 is 1.97 bits per heavy atom. The Hall–Kier alpha value is -1.83. The summed E-state index contributed by atoms with van der Waals surface area (Å²) in [5, 5.41) is 4.26. The molecule has 0 radical (unpaired) electrons. The summed E-state index contributed by atoms with van der Waals surface area (Å²) < 4.78 is 2.12. The molecular formula is C22H27ClN6S. The molecule has 1 N–H and O–H groups in total. The maximum absolute atomic E-state index is 6.46. The van der Waals surface area contributed by atoms with Gasteiger partial charge in [0, 0.05) is 48.8 Å². The summed E-state index contributed by atoms with van der Waals surface area (Å²) >= 11 is 8.05. The molecule has 1 atom stereocenters. The van der Waals surface area contributed by atoms with E-state index in [-0.39, 0.29) is 0 Å². The van der Waals surface area contributed by atoms with Gasteiger partial charge < -0.3 is 10.2 Å². The van der Waals surface area contributed by atoms with Gasteiger partial charge in [0.2, 0.25) is 5.95 Å². The van der Waals surface area contributed by atoms with Crippen molar-refractivity contribution in [2.45, 2.75) is 54.9 Å². The molecule has 1 saturated heterocycles. The lowest BCUT2D eigenvalue weighted by Crippen LogP contribution is -2.48. The summed E-state index contributed by atoms with van der Waals surface area (Å²) in [5.74, 6) is 0.984. The number of fused-ring (bicyclic) bond motifs is 1. The van der Waals surface area contributed by atoms with E-state index >= 15 is 0 Å². The predicted octanol–water partition coefficient (Wildman–Crippen LogP) is 4.60. The molecular weight excluding hydrogens is 416 g/mol. The van der Waals surface area contributed by atoms with Gasteiger partial charge in [-0.1, -0.05) is 29.8 Å². The van der Waals surface area contributed by atoms with Crippen molar-refractivity contribution in [1.82, 2.24) is 24.7 Å². The smallest absolute Gasteiger partial charge is 0.211 e. The highest BCUT2D eigenvalue weighted by Gasteiger charge is 2.44. The first kappa shape index (κ1) is 20.1. The van der Waals surface area contributed by atoms with Crippen molar-refractivity contribution in [2.24, 2.45) is 5.41 Å². The number of aromatic nitrogens is 4. The third kappa shape index (κ3) is 3.37. The topological polar surface area (TPSA) is 58.3 Å². The zero-order chi connectivity index (χ0) is 20.7. The molecule has 1 aliphatic heterocycles. The van der Waals surface area contributed by atoms with Crippen LogP contribution in [0.1, 0.15) is 37.8 Å². The molecule has 2 fully saturated rings. The van der Waals surface area contributed by atoms with Gasteiger partial charge in [-0.3, -0.25) is 9.38 Å². The van der Waals surface area contributed by atoms with E-state index in [2.05, 4.69) is 31.6 Å². The summed E-state index contributed by atoms with van der Waals surface area (Å²) in [6.07, 6.45) is 14.0. The molecule has 0 unspecified atom stereocenters. The molecule has 30 heavy (non-hydrogen) atoms. The fraction of sp³-hybridized carbons (Fsp3) is 0.500. The second kappa shape index (κ2) is 8.02. The summed E-state index contributed by atoms with van der Waals surface area (Å²) in [6.45, 7) is 4.01. The van der Waals surface area contributed by atoms with E-state index in [0.29, 0.717) is 16.5 Å². The highest BCUT2D eigenvalue weighted by molar-refractivity contribution is 7.99. The number of nitrogens with zero attached hydrogens (tertiary/aromatic N) is 5. The molecule has 1 spiro atoms. The van der Waals surface area contributed by atoms with Crippen LogP contribution in [0.3, 0.4) is 0 Å². The number of nitrogens with one attached hydrogen (secondary N) is 1. The molecule has 2 aliphatic rings. The maximum Gasteiger partial charge on any atom is 0.211 e. The van der Waals surface area contributed by atoms with Gasteiger partial charge in [0.05, 0.1) is 15.6 Å². The molecule has 8 heteroatoms. The first-order chi connectivity index (χ1) is 14.6. The van der Waals surface area contributed by atoms with Crippen LogP contribution in [0.5, 0.6) is 0 Å². The van der Waals surface area contributed by atoms with Crippen LogP contribution in [-0.2, 0) is 0 Å². The molecule has 3 aromatic rings. The molecule has 0 amide bonds. The minimum absolute atomic E-state index is 0.463. The second-order valence-corrected chi connectivity index (χ2v) is 9.90. The highest BCUT2D eigenvalue weighted by atomic mass is 35.5. The average Bonchev–Trinajstić information content (AvgIpc) is 3.40. The normalized spacial score (nSPS) is 21.0. The molecule has 1 saturated carbocycles. The molecule has 5 rings (SSSR count). The number of aryl methyl sites for hydroxylation is 1. The lowest BCUT2D eigenvalue weighted by atomic mass is 9.74. The van der Waals surface area contributed by atoms with Crippen molar-refractivity contribution in [1.29, 1.82) is 0 Å². The van der Waals surface area contributed by atoms with Crippen LogP contribution >= 0.6 is 23.4 Å². The fourth-order valence-corrected chi connectivity index (χ4v) is 6.43. The largest absolute Gasteiger partial charge is 0.342 e. The fourth-order valence-electron chi connectivity index (χ4n) is 5.25. The summed E-state index contributed by atoms with van der Waals surface area (Å²) in [5.41, 5.74) is 2.22. The Morgan fingerprint density at radius 3 is 2.77 bits per heavy atom. The van der Waals surface area contributed by atoms with Crippen LogP contribution in [0.25, 0.3) is 5.65 Å². The van der Waals surface area contributed by atoms with Gasteiger partial charge in [-0.15, -0.1) is 0 Å². The van der Waals surface area contributed by atoms with E-state index in [1.165, 1.54) is 32.1 Å². The monoisotopic (exact) mass is 442 g/mol. The summed E-state index contributed by atoms with van der Waals surface area (Å²) in [4.78, 5) is 18.1. The zero-order valence-electron chi connectivity index (χ0n) is 17.4.